The van der Waals surface area contributed by atoms with Gasteiger partial charge in [0.05, 0.1) is 12.1 Å². The van der Waals surface area contributed by atoms with E-state index in [0.717, 1.165) is 6.07 Å². The van der Waals surface area contributed by atoms with Crippen LogP contribution in [-0.4, -0.2) is 42.3 Å². The number of aliphatic hydroxyl groups excluding tert-OH is 1. The minimum absolute atomic E-state index is 0.106. The number of nitrogens with two attached hydrogens (primary N) is 1. The van der Waals surface area contributed by atoms with E-state index >= 15 is 0 Å². The van der Waals surface area contributed by atoms with Gasteiger partial charge in [0.2, 0.25) is 5.91 Å². The summed E-state index contributed by atoms with van der Waals surface area (Å²) in [6.45, 7) is 6.37. The van der Waals surface area contributed by atoms with Crippen LogP contribution in [0.15, 0.2) is 18.2 Å². The van der Waals surface area contributed by atoms with Gasteiger partial charge >= 0.3 is 0 Å². The molecule has 3 unspecified atom stereocenters. The molecule has 0 aliphatic heterocycles. The SMILES string of the molecule is CC(C)CNC(=O)C(C)NCC(O)C(N)Cc1cc(F)cc(F)c1. The molecule has 0 saturated heterocycles. The van der Waals surface area contributed by atoms with Gasteiger partial charge < -0.3 is 21.5 Å². The highest BCUT2D eigenvalue weighted by atomic mass is 19.1. The molecule has 0 saturated carbocycles. The predicted molar refractivity (Wildman–Crippen MR) is 89.4 cm³/mol. The number of hydrogen-bond donors (Lipinski definition) is 4. The lowest BCUT2D eigenvalue weighted by Gasteiger charge is -2.22. The van der Waals surface area contributed by atoms with Crippen molar-refractivity contribution in [3.63, 3.8) is 0 Å². The molecule has 0 aliphatic rings. The molecule has 1 aromatic rings. The van der Waals surface area contributed by atoms with E-state index in [1.54, 1.807) is 6.92 Å². The summed E-state index contributed by atoms with van der Waals surface area (Å²) in [4.78, 5) is 11.8. The number of halogens is 2. The summed E-state index contributed by atoms with van der Waals surface area (Å²) in [6, 6.07) is 1.97. The number of carbonyl (C=O) groups excluding carboxylic acids is 1. The number of aliphatic hydroxyl groups is 1. The summed E-state index contributed by atoms with van der Waals surface area (Å²) in [5.41, 5.74) is 6.25. The fourth-order valence-corrected chi connectivity index (χ4v) is 2.14. The monoisotopic (exact) mass is 343 g/mol. The van der Waals surface area contributed by atoms with Crippen LogP contribution in [0.25, 0.3) is 0 Å². The van der Waals surface area contributed by atoms with Crippen LogP contribution in [0, 0.1) is 17.6 Å². The van der Waals surface area contributed by atoms with Gasteiger partial charge in [0.1, 0.15) is 11.6 Å². The molecule has 0 heterocycles. The summed E-state index contributed by atoms with van der Waals surface area (Å²) >= 11 is 0. The third-order valence-electron chi connectivity index (χ3n) is 3.60. The Bertz CT molecular complexity index is 520. The van der Waals surface area contributed by atoms with Gasteiger partial charge in [-0.25, -0.2) is 8.78 Å². The molecule has 136 valence electrons. The summed E-state index contributed by atoms with van der Waals surface area (Å²) in [5, 5.41) is 15.8. The van der Waals surface area contributed by atoms with Gasteiger partial charge in [0.15, 0.2) is 0 Å². The van der Waals surface area contributed by atoms with Crippen LogP contribution >= 0.6 is 0 Å². The maximum Gasteiger partial charge on any atom is 0.236 e. The van der Waals surface area contributed by atoms with Crippen LogP contribution in [-0.2, 0) is 11.2 Å². The first-order valence-corrected chi connectivity index (χ1v) is 8.08. The largest absolute Gasteiger partial charge is 0.390 e. The number of hydrogen-bond acceptors (Lipinski definition) is 4. The molecule has 0 spiro atoms. The van der Waals surface area contributed by atoms with Gasteiger partial charge in [0, 0.05) is 25.2 Å². The van der Waals surface area contributed by atoms with Crippen LogP contribution in [0.3, 0.4) is 0 Å². The van der Waals surface area contributed by atoms with Crippen LogP contribution < -0.4 is 16.4 Å². The lowest BCUT2D eigenvalue weighted by atomic mass is 10.0. The molecule has 1 rings (SSSR count). The maximum absolute atomic E-state index is 13.2. The molecule has 1 aromatic carbocycles. The molecule has 0 bridgehead atoms. The molecule has 5 nitrogen and oxygen atoms in total. The van der Waals surface area contributed by atoms with E-state index in [1.165, 1.54) is 12.1 Å². The van der Waals surface area contributed by atoms with E-state index < -0.39 is 29.8 Å². The van der Waals surface area contributed by atoms with Crippen molar-refractivity contribution < 1.29 is 18.7 Å². The van der Waals surface area contributed by atoms with Gasteiger partial charge in [0.25, 0.3) is 0 Å². The van der Waals surface area contributed by atoms with Crippen molar-refractivity contribution in [2.24, 2.45) is 11.7 Å². The van der Waals surface area contributed by atoms with Crippen molar-refractivity contribution >= 4 is 5.91 Å². The van der Waals surface area contributed by atoms with E-state index in [0.29, 0.717) is 18.0 Å². The average molecular weight is 343 g/mol. The summed E-state index contributed by atoms with van der Waals surface area (Å²) in [7, 11) is 0. The minimum Gasteiger partial charge on any atom is -0.390 e. The highest BCUT2D eigenvalue weighted by Gasteiger charge is 2.19. The fraction of sp³-hybridized carbons (Fsp3) is 0.588. The smallest absolute Gasteiger partial charge is 0.236 e. The first kappa shape index (κ1) is 20.5. The molecule has 0 fully saturated rings. The minimum atomic E-state index is -0.948. The average Bonchev–Trinajstić information content (AvgIpc) is 2.48. The van der Waals surface area contributed by atoms with Crippen molar-refractivity contribution in [3.05, 3.63) is 35.4 Å². The molecular formula is C17H27F2N3O2. The van der Waals surface area contributed by atoms with Crippen LogP contribution in [0.4, 0.5) is 8.78 Å². The van der Waals surface area contributed by atoms with E-state index in [4.69, 9.17) is 5.73 Å². The maximum atomic E-state index is 13.2. The lowest BCUT2D eigenvalue weighted by molar-refractivity contribution is -0.123. The van der Waals surface area contributed by atoms with Crippen LogP contribution in [0.5, 0.6) is 0 Å². The van der Waals surface area contributed by atoms with Crippen LogP contribution in [0.1, 0.15) is 26.3 Å². The first-order chi connectivity index (χ1) is 11.2. The zero-order chi connectivity index (χ0) is 18.3. The Hall–Kier alpha value is -1.57. The van der Waals surface area contributed by atoms with E-state index in [2.05, 4.69) is 10.6 Å². The summed E-state index contributed by atoms with van der Waals surface area (Å²) < 4.78 is 26.3. The van der Waals surface area contributed by atoms with E-state index in [-0.39, 0.29) is 18.9 Å². The van der Waals surface area contributed by atoms with Gasteiger partial charge in [-0.2, -0.15) is 0 Å². The molecule has 24 heavy (non-hydrogen) atoms. The van der Waals surface area contributed by atoms with E-state index in [1.807, 2.05) is 13.8 Å². The molecule has 7 heteroatoms. The zero-order valence-corrected chi connectivity index (χ0v) is 14.4. The Balaban J connectivity index is 2.43. The number of benzene rings is 1. The summed E-state index contributed by atoms with van der Waals surface area (Å²) in [5.74, 6) is -1.16. The normalized spacial score (nSPS) is 15.2. The molecular weight excluding hydrogens is 316 g/mol. The summed E-state index contributed by atoms with van der Waals surface area (Å²) in [6.07, 6.45) is -0.817. The van der Waals surface area contributed by atoms with Gasteiger partial charge in [-0.1, -0.05) is 13.8 Å². The number of nitrogens with one attached hydrogen (secondary N) is 2. The Morgan fingerprint density at radius 2 is 1.75 bits per heavy atom. The lowest BCUT2D eigenvalue weighted by Crippen LogP contribution is -2.49. The number of amides is 1. The second-order valence-electron chi connectivity index (χ2n) is 6.48. The van der Waals surface area contributed by atoms with Crippen molar-refractivity contribution in [3.8, 4) is 0 Å². The second-order valence-corrected chi connectivity index (χ2v) is 6.48. The Kier molecular flexibility index (Phi) is 8.24. The third-order valence-corrected chi connectivity index (χ3v) is 3.60. The molecule has 0 aromatic heterocycles. The molecule has 0 aliphatic carbocycles. The van der Waals surface area contributed by atoms with E-state index in [9.17, 15) is 18.7 Å². The highest BCUT2D eigenvalue weighted by molar-refractivity contribution is 5.81. The predicted octanol–water partition coefficient (Wildman–Crippen LogP) is 0.946. The quantitative estimate of drug-likeness (QED) is 0.538. The first-order valence-electron chi connectivity index (χ1n) is 8.08. The van der Waals surface area contributed by atoms with Crippen molar-refractivity contribution in [2.45, 2.75) is 45.4 Å². The van der Waals surface area contributed by atoms with Crippen molar-refractivity contribution in [1.82, 2.24) is 10.6 Å². The third kappa shape index (κ3) is 7.33. The van der Waals surface area contributed by atoms with Crippen molar-refractivity contribution in [1.29, 1.82) is 0 Å². The Morgan fingerprint density at radius 1 is 1.17 bits per heavy atom. The number of carbonyl (C=O) groups is 1. The Labute approximate surface area is 141 Å². The number of rotatable bonds is 9. The standard InChI is InChI=1S/C17H27F2N3O2/c1-10(2)8-22-17(24)11(3)21-9-16(23)15(20)6-12-4-13(18)7-14(19)5-12/h4-5,7,10-11,15-16,21,23H,6,8-9,20H2,1-3H3,(H,22,24). The Morgan fingerprint density at radius 3 is 2.29 bits per heavy atom. The van der Waals surface area contributed by atoms with Crippen molar-refractivity contribution in [2.75, 3.05) is 13.1 Å². The van der Waals surface area contributed by atoms with Crippen LogP contribution in [0.2, 0.25) is 0 Å². The highest BCUT2D eigenvalue weighted by Crippen LogP contribution is 2.10. The molecule has 5 N–H and O–H groups in total. The zero-order valence-electron chi connectivity index (χ0n) is 14.4. The topological polar surface area (TPSA) is 87.4 Å². The molecule has 3 atom stereocenters. The van der Waals surface area contributed by atoms with Gasteiger partial charge in [-0.05, 0) is 37.0 Å². The fourth-order valence-electron chi connectivity index (χ4n) is 2.14. The van der Waals surface area contributed by atoms with Gasteiger partial charge in [-0.15, -0.1) is 0 Å². The molecule has 0 radical (unpaired) electrons. The van der Waals surface area contributed by atoms with Gasteiger partial charge in [-0.3, -0.25) is 4.79 Å². The molecule has 1 amide bonds. The second kappa shape index (κ2) is 9.66.